The average Bonchev–Trinajstić information content (AvgIpc) is 3.05. The van der Waals surface area contributed by atoms with E-state index in [0.717, 1.165) is 38.2 Å². The molecule has 0 atom stereocenters. The molecule has 2 N–H and O–H groups in total. The van der Waals surface area contributed by atoms with Crippen LogP contribution in [0.1, 0.15) is 30.9 Å². The fraction of sp³-hybridized carbons (Fsp3) is 0.227. The molecule has 0 aliphatic rings. The minimum absolute atomic E-state index is 0.0446. The van der Waals surface area contributed by atoms with E-state index < -0.39 is 0 Å². The summed E-state index contributed by atoms with van der Waals surface area (Å²) in [5, 5.41) is 4.89. The Labute approximate surface area is 168 Å². The van der Waals surface area contributed by atoms with Gasteiger partial charge in [0.25, 0.3) is 0 Å². The van der Waals surface area contributed by atoms with Crippen LogP contribution in [0.15, 0.2) is 53.8 Å². The van der Waals surface area contributed by atoms with Crippen molar-refractivity contribution < 1.29 is 4.79 Å². The molecule has 0 fully saturated rings. The van der Waals surface area contributed by atoms with E-state index in [1.54, 1.807) is 6.33 Å². The second-order valence-electron chi connectivity index (χ2n) is 7.16. The fourth-order valence-electron chi connectivity index (χ4n) is 3.33. The van der Waals surface area contributed by atoms with Gasteiger partial charge in [-0.3, -0.25) is 4.79 Å². The molecule has 0 saturated carbocycles. The number of para-hydroxylation sites is 1. The van der Waals surface area contributed by atoms with E-state index in [4.69, 9.17) is 0 Å². The summed E-state index contributed by atoms with van der Waals surface area (Å²) < 4.78 is 0. The first kappa shape index (κ1) is 18.5. The molecule has 0 bridgehead atoms. The molecular weight excluding hydrogens is 368 g/mol. The van der Waals surface area contributed by atoms with Crippen molar-refractivity contribution in [3.8, 4) is 0 Å². The second-order valence-corrected chi connectivity index (χ2v) is 8.12. The van der Waals surface area contributed by atoms with Gasteiger partial charge in [-0.1, -0.05) is 55.4 Å². The molecular formula is C22H22N4OS. The number of amides is 1. The minimum Gasteiger partial charge on any atom is -0.351 e. The van der Waals surface area contributed by atoms with Gasteiger partial charge in [-0.15, -0.1) is 0 Å². The van der Waals surface area contributed by atoms with Crippen LogP contribution in [0.4, 0.5) is 5.69 Å². The third-order valence-electron chi connectivity index (χ3n) is 4.70. The van der Waals surface area contributed by atoms with Crippen molar-refractivity contribution in [1.82, 2.24) is 15.0 Å². The van der Waals surface area contributed by atoms with Crippen LogP contribution < -0.4 is 5.32 Å². The summed E-state index contributed by atoms with van der Waals surface area (Å²) in [6, 6.07) is 14.2. The Balaban J connectivity index is 1.54. The predicted octanol–water partition coefficient (Wildman–Crippen LogP) is 5.27. The van der Waals surface area contributed by atoms with E-state index in [9.17, 15) is 4.79 Å². The van der Waals surface area contributed by atoms with E-state index >= 15 is 0 Å². The van der Waals surface area contributed by atoms with Gasteiger partial charge in [0.1, 0.15) is 16.9 Å². The Hall–Kier alpha value is -2.86. The number of aromatic nitrogens is 3. The number of anilines is 1. The fourth-order valence-corrected chi connectivity index (χ4v) is 4.08. The second kappa shape index (κ2) is 7.64. The highest BCUT2D eigenvalue weighted by Gasteiger charge is 2.14. The van der Waals surface area contributed by atoms with Crippen LogP contribution in [0.25, 0.3) is 21.9 Å². The Morgan fingerprint density at radius 2 is 2.00 bits per heavy atom. The summed E-state index contributed by atoms with van der Waals surface area (Å²) in [7, 11) is 0. The van der Waals surface area contributed by atoms with E-state index in [0.29, 0.717) is 5.92 Å². The zero-order chi connectivity index (χ0) is 19.7. The molecule has 142 valence electrons. The van der Waals surface area contributed by atoms with Crippen molar-refractivity contribution in [3.63, 3.8) is 0 Å². The normalized spacial score (nSPS) is 11.4. The Morgan fingerprint density at radius 1 is 1.18 bits per heavy atom. The largest absolute Gasteiger partial charge is 0.351 e. The average molecular weight is 391 g/mol. The summed E-state index contributed by atoms with van der Waals surface area (Å²) in [4.78, 5) is 24.8. The monoisotopic (exact) mass is 390 g/mol. The number of aryl methyl sites for hydroxylation is 1. The number of nitrogens with zero attached hydrogens (tertiary/aromatic N) is 2. The highest BCUT2D eigenvalue weighted by atomic mass is 32.2. The molecule has 1 amide bonds. The van der Waals surface area contributed by atoms with Gasteiger partial charge < -0.3 is 10.3 Å². The van der Waals surface area contributed by atoms with Crippen molar-refractivity contribution in [3.05, 3.63) is 59.9 Å². The van der Waals surface area contributed by atoms with Gasteiger partial charge in [0, 0.05) is 16.6 Å². The zero-order valence-corrected chi connectivity index (χ0v) is 16.9. The van der Waals surface area contributed by atoms with Crippen LogP contribution >= 0.6 is 11.8 Å². The lowest BCUT2D eigenvalue weighted by Crippen LogP contribution is -2.15. The third-order valence-corrected chi connectivity index (χ3v) is 5.69. The molecule has 2 aromatic carbocycles. The SMILES string of the molecule is Cc1ccc2[nH]c3c(SCC(=O)Nc4ccccc4C(C)C)ncnc3c2c1. The third kappa shape index (κ3) is 3.60. The maximum absolute atomic E-state index is 12.5. The van der Waals surface area contributed by atoms with Gasteiger partial charge in [-0.25, -0.2) is 9.97 Å². The van der Waals surface area contributed by atoms with Crippen molar-refractivity contribution in [2.75, 3.05) is 11.1 Å². The lowest BCUT2D eigenvalue weighted by atomic mass is 10.0. The van der Waals surface area contributed by atoms with Crippen molar-refractivity contribution in [2.45, 2.75) is 31.7 Å². The number of fused-ring (bicyclic) bond motifs is 3. The Kier molecular flexibility index (Phi) is 5.05. The zero-order valence-electron chi connectivity index (χ0n) is 16.1. The number of thioether (sulfide) groups is 1. The van der Waals surface area contributed by atoms with Crippen LogP contribution in [0.3, 0.4) is 0 Å². The van der Waals surface area contributed by atoms with Gasteiger partial charge in [0.05, 0.1) is 11.3 Å². The first-order valence-corrected chi connectivity index (χ1v) is 10.3. The van der Waals surface area contributed by atoms with Crippen molar-refractivity contribution >= 4 is 45.3 Å². The quantitative estimate of drug-likeness (QED) is 0.359. The Bertz CT molecular complexity index is 1170. The standard InChI is InChI=1S/C22H22N4OS/c1-13(2)15-6-4-5-7-17(15)25-19(27)11-28-22-21-20(23-12-24-22)16-10-14(3)8-9-18(16)26-21/h4-10,12-13,26H,11H2,1-3H3,(H,25,27). The summed E-state index contributed by atoms with van der Waals surface area (Å²) in [5.41, 5.74) is 5.99. The molecule has 2 aromatic heterocycles. The van der Waals surface area contributed by atoms with E-state index in [2.05, 4.69) is 59.2 Å². The molecule has 0 saturated heterocycles. The highest BCUT2D eigenvalue weighted by Crippen LogP contribution is 2.30. The van der Waals surface area contributed by atoms with Gasteiger partial charge in [0.2, 0.25) is 5.91 Å². The number of hydrogen-bond donors (Lipinski definition) is 2. The van der Waals surface area contributed by atoms with E-state index in [1.165, 1.54) is 17.3 Å². The molecule has 0 radical (unpaired) electrons. The van der Waals surface area contributed by atoms with Crippen LogP contribution in [-0.4, -0.2) is 26.6 Å². The topological polar surface area (TPSA) is 70.7 Å². The summed E-state index contributed by atoms with van der Waals surface area (Å²) in [6.45, 7) is 6.30. The number of benzene rings is 2. The van der Waals surface area contributed by atoms with Crippen molar-refractivity contribution in [2.24, 2.45) is 0 Å². The first-order chi connectivity index (χ1) is 13.5. The highest BCUT2D eigenvalue weighted by molar-refractivity contribution is 8.00. The lowest BCUT2D eigenvalue weighted by Gasteiger charge is -2.13. The molecule has 0 unspecified atom stereocenters. The number of carbonyl (C=O) groups excluding carboxylic acids is 1. The van der Waals surface area contributed by atoms with Gasteiger partial charge in [0.15, 0.2) is 0 Å². The van der Waals surface area contributed by atoms with Gasteiger partial charge in [-0.05, 0) is 36.6 Å². The predicted molar refractivity (Wildman–Crippen MR) is 116 cm³/mol. The number of rotatable bonds is 5. The van der Waals surface area contributed by atoms with Gasteiger partial charge in [-0.2, -0.15) is 0 Å². The molecule has 0 spiro atoms. The van der Waals surface area contributed by atoms with Crippen LogP contribution in [0, 0.1) is 6.92 Å². The minimum atomic E-state index is -0.0446. The Morgan fingerprint density at radius 3 is 2.82 bits per heavy atom. The maximum atomic E-state index is 12.5. The molecule has 4 aromatic rings. The summed E-state index contributed by atoms with van der Waals surface area (Å²) >= 11 is 1.42. The molecule has 28 heavy (non-hydrogen) atoms. The van der Waals surface area contributed by atoms with Crippen molar-refractivity contribution in [1.29, 1.82) is 0 Å². The van der Waals surface area contributed by atoms with Crippen LogP contribution in [-0.2, 0) is 4.79 Å². The van der Waals surface area contributed by atoms with Crippen LogP contribution in [0.5, 0.6) is 0 Å². The molecule has 2 heterocycles. The summed E-state index contributed by atoms with van der Waals surface area (Å²) in [6.07, 6.45) is 1.56. The summed E-state index contributed by atoms with van der Waals surface area (Å²) in [5.74, 6) is 0.588. The molecule has 4 rings (SSSR count). The van der Waals surface area contributed by atoms with Crippen LogP contribution in [0.2, 0.25) is 0 Å². The number of aromatic amines is 1. The number of carbonyl (C=O) groups is 1. The first-order valence-electron chi connectivity index (χ1n) is 9.27. The molecule has 0 aliphatic heterocycles. The maximum Gasteiger partial charge on any atom is 0.234 e. The molecule has 0 aliphatic carbocycles. The smallest absolute Gasteiger partial charge is 0.234 e. The molecule has 6 heteroatoms. The number of nitrogens with one attached hydrogen (secondary N) is 2. The van der Waals surface area contributed by atoms with Gasteiger partial charge >= 0.3 is 0 Å². The van der Waals surface area contributed by atoms with E-state index in [1.807, 2.05) is 24.3 Å². The number of H-pyrrole nitrogens is 1. The molecule has 5 nitrogen and oxygen atoms in total. The number of hydrogen-bond acceptors (Lipinski definition) is 4. The lowest BCUT2D eigenvalue weighted by molar-refractivity contribution is -0.113. The van der Waals surface area contributed by atoms with E-state index in [-0.39, 0.29) is 11.7 Å².